The molecule has 4 N–H and O–H groups in total. The summed E-state index contributed by atoms with van der Waals surface area (Å²) in [5.74, 6) is -0.471. The third-order valence-corrected chi connectivity index (χ3v) is 1.21. The van der Waals surface area contributed by atoms with Gasteiger partial charge in [-0.25, -0.2) is 0 Å². The first-order valence-electron chi connectivity index (χ1n) is 3.10. The van der Waals surface area contributed by atoms with Crippen LogP contribution in [0, 0.1) is 0 Å². The molecule has 0 aromatic heterocycles. The van der Waals surface area contributed by atoms with Crippen LogP contribution in [0.25, 0.3) is 0 Å². The molecule has 4 heteroatoms. The van der Waals surface area contributed by atoms with Crippen molar-refractivity contribution in [2.24, 2.45) is 11.5 Å². The fraction of sp³-hybridized carbons (Fsp3) is 0.833. The largest absolute Gasteiger partial charge is 0.368 e. The topological polar surface area (TPSA) is 72.3 Å². The van der Waals surface area contributed by atoms with Gasteiger partial charge >= 0.3 is 0 Å². The minimum absolute atomic E-state index is 0.471. The lowest BCUT2D eigenvalue weighted by Crippen LogP contribution is -2.55. The molecule has 0 aromatic rings. The van der Waals surface area contributed by atoms with Crippen molar-refractivity contribution in [2.75, 3.05) is 20.6 Å². The Balaban J connectivity index is 4.00. The number of primary amides is 1. The quantitative estimate of drug-likeness (QED) is 0.521. The molecule has 1 amide bonds. The van der Waals surface area contributed by atoms with Crippen LogP contribution in [0.4, 0.5) is 0 Å². The average Bonchev–Trinajstić information content (AvgIpc) is 1.60. The first kappa shape index (κ1) is 9.39. The molecular formula is C6H15N3O. The van der Waals surface area contributed by atoms with Gasteiger partial charge in [-0.2, -0.15) is 0 Å². The second kappa shape index (κ2) is 2.98. The van der Waals surface area contributed by atoms with E-state index in [0.717, 1.165) is 0 Å². The molecule has 0 spiro atoms. The fourth-order valence-corrected chi connectivity index (χ4v) is 0.735. The molecule has 0 bridgehead atoms. The Morgan fingerprint density at radius 3 is 2.10 bits per heavy atom. The van der Waals surface area contributed by atoms with Gasteiger partial charge in [0.15, 0.2) is 0 Å². The third-order valence-electron chi connectivity index (χ3n) is 1.21. The molecule has 0 rings (SSSR count). The Kier molecular flexibility index (Phi) is 2.80. The molecule has 1 unspecified atom stereocenters. The lowest BCUT2D eigenvalue weighted by atomic mass is 10.0. The maximum absolute atomic E-state index is 10.6. The van der Waals surface area contributed by atoms with Gasteiger partial charge in [0.25, 0.3) is 0 Å². The number of nitrogens with two attached hydrogens (primary N) is 2. The maximum atomic E-state index is 10.6. The monoisotopic (exact) mass is 145 g/mol. The van der Waals surface area contributed by atoms with Crippen molar-refractivity contribution in [3.05, 3.63) is 0 Å². The first-order valence-corrected chi connectivity index (χ1v) is 3.10. The molecule has 1 atom stereocenters. The summed E-state index contributed by atoms with van der Waals surface area (Å²) in [5, 5.41) is 0. The van der Waals surface area contributed by atoms with Crippen LogP contribution in [-0.2, 0) is 4.79 Å². The molecule has 0 heterocycles. The highest BCUT2D eigenvalue weighted by atomic mass is 16.1. The summed E-state index contributed by atoms with van der Waals surface area (Å²) in [6.07, 6.45) is 0. The molecule has 0 aliphatic carbocycles. The summed E-state index contributed by atoms with van der Waals surface area (Å²) in [5.41, 5.74) is 9.66. The van der Waals surface area contributed by atoms with Crippen LogP contribution in [-0.4, -0.2) is 37.0 Å². The van der Waals surface area contributed by atoms with Crippen LogP contribution in [0.2, 0.25) is 0 Å². The number of likely N-dealkylation sites (N-methyl/N-ethyl adjacent to an activating group) is 1. The molecule has 0 aromatic carbocycles. The van der Waals surface area contributed by atoms with Gasteiger partial charge in [-0.05, 0) is 21.0 Å². The van der Waals surface area contributed by atoms with E-state index < -0.39 is 11.4 Å². The Morgan fingerprint density at radius 1 is 1.60 bits per heavy atom. The molecule has 60 valence electrons. The van der Waals surface area contributed by atoms with Gasteiger partial charge in [0.2, 0.25) is 5.91 Å². The van der Waals surface area contributed by atoms with Gasteiger partial charge in [0.05, 0.1) is 0 Å². The second-order valence-corrected chi connectivity index (χ2v) is 3.02. The second-order valence-electron chi connectivity index (χ2n) is 3.02. The van der Waals surface area contributed by atoms with E-state index in [9.17, 15) is 4.79 Å². The Hall–Kier alpha value is -0.610. The normalized spacial score (nSPS) is 16.9. The molecule has 0 radical (unpaired) electrons. The number of hydrogen-bond acceptors (Lipinski definition) is 3. The average molecular weight is 145 g/mol. The van der Waals surface area contributed by atoms with E-state index in [0.29, 0.717) is 6.54 Å². The van der Waals surface area contributed by atoms with Crippen molar-refractivity contribution < 1.29 is 4.79 Å². The number of amides is 1. The molecule has 0 aliphatic rings. The summed E-state index contributed by atoms with van der Waals surface area (Å²) >= 11 is 0. The predicted molar refractivity (Wildman–Crippen MR) is 40.3 cm³/mol. The van der Waals surface area contributed by atoms with Crippen LogP contribution in [0.5, 0.6) is 0 Å². The van der Waals surface area contributed by atoms with E-state index in [2.05, 4.69) is 0 Å². The van der Waals surface area contributed by atoms with Crippen LogP contribution < -0.4 is 11.5 Å². The molecule has 10 heavy (non-hydrogen) atoms. The molecule has 0 aliphatic heterocycles. The lowest BCUT2D eigenvalue weighted by Gasteiger charge is -2.24. The van der Waals surface area contributed by atoms with Crippen molar-refractivity contribution in [2.45, 2.75) is 12.5 Å². The van der Waals surface area contributed by atoms with Gasteiger partial charge in [0, 0.05) is 6.54 Å². The van der Waals surface area contributed by atoms with E-state index in [1.165, 1.54) is 0 Å². The van der Waals surface area contributed by atoms with Crippen molar-refractivity contribution >= 4 is 5.91 Å². The zero-order chi connectivity index (χ0) is 8.36. The zero-order valence-electron chi connectivity index (χ0n) is 6.72. The number of nitrogens with zero attached hydrogens (tertiary/aromatic N) is 1. The maximum Gasteiger partial charge on any atom is 0.238 e. The minimum atomic E-state index is -0.913. The Morgan fingerprint density at radius 2 is 2.00 bits per heavy atom. The number of carbonyl (C=O) groups excluding carboxylic acids is 1. The summed E-state index contributed by atoms with van der Waals surface area (Å²) in [4.78, 5) is 12.5. The van der Waals surface area contributed by atoms with Crippen molar-refractivity contribution in [3.63, 3.8) is 0 Å². The van der Waals surface area contributed by atoms with E-state index in [1.54, 1.807) is 6.92 Å². The zero-order valence-corrected chi connectivity index (χ0v) is 6.72. The Bertz CT molecular complexity index is 131. The van der Waals surface area contributed by atoms with E-state index >= 15 is 0 Å². The van der Waals surface area contributed by atoms with Gasteiger partial charge < -0.3 is 16.4 Å². The highest BCUT2D eigenvalue weighted by molar-refractivity contribution is 5.84. The summed E-state index contributed by atoms with van der Waals surface area (Å²) in [6.45, 7) is 2.09. The van der Waals surface area contributed by atoms with Gasteiger partial charge in [-0.3, -0.25) is 4.79 Å². The summed E-state index contributed by atoms with van der Waals surface area (Å²) in [6, 6.07) is 0. The number of hydrogen-bond donors (Lipinski definition) is 2. The van der Waals surface area contributed by atoms with Gasteiger partial charge in [-0.15, -0.1) is 0 Å². The van der Waals surface area contributed by atoms with Crippen molar-refractivity contribution in [3.8, 4) is 0 Å². The van der Waals surface area contributed by atoms with Crippen molar-refractivity contribution in [1.29, 1.82) is 0 Å². The standard InChI is InChI=1S/C6H15N3O/c1-6(8,5(7)10)4-9(2)3/h4,8H2,1-3H3,(H2,7,10). The highest BCUT2D eigenvalue weighted by Crippen LogP contribution is 1.97. The van der Waals surface area contributed by atoms with Gasteiger partial charge in [-0.1, -0.05) is 0 Å². The SMILES string of the molecule is CN(C)CC(C)(N)C(N)=O. The van der Waals surface area contributed by atoms with Crippen LogP contribution >= 0.6 is 0 Å². The molecule has 0 saturated carbocycles. The summed E-state index contributed by atoms with van der Waals surface area (Å²) < 4.78 is 0. The first-order chi connectivity index (χ1) is 4.36. The van der Waals surface area contributed by atoms with Gasteiger partial charge in [0.1, 0.15) is 5.54 Å². The number of rotatable bonds is 3. The molecule has 0 saturated heterocycles. The highest BCUT2D eigenvalue weighted by Gasteiger charge is 2.25. The van der Waals surface area contributed by atoms with Crippen LogP contribution in [0.3, 0.4) is 0 Å². The van der Waals surface area contributed by atoms with Crippen LogP contribution in [0.15, 0.2) is 0 Å². The van der Waals surface area contributed by atoms with E-state index in [4.69, 9.17) is 11.5 Å². The molecule has 0 fully saturated rings. The predicted octanol–water partition coefficient (Wildman–Crippen LogP) is -1.25. The number of carbonyl (C=O) groups is 1. The van der Waals surface area contributed by atoms with Crippen LogP contribution in [0.1, 0.15) is 6.92 Å². The minimum Gasteiger partial charge on any atom is -0.368 e. The third kappa shape index (κ3) is 2.80. The van der Waals surface area contributed by atoms with E-state index in [1.807, 2.05) is 19.0 Å². The fourth-order valence-electron chi connectivity index (χ4n) is 0.735. The van der Waals surface area contributed by atoms with Crippen molar-refractivity contribution in [1.82, 2.24) is 4.90 Å². The molecular weight excluding hydrogens is 130 g/mol. The lowest BCUT2D eigenvalue weighted by molar-refractivity contribution is -0.123. The Labute approximate surface area is 61.2 Å². The summed E-state index contributed by atoms with van der Waals surface area (Å²) in [7, 11) is 3.68. The van der Waals surface area contributed by atoms with E-state index in [-0.39, 0.29) is 0 Å². The smallest absolute Gasteiger partial charge is 0.238 e. The molecule has 4 nitrogen and oxygen atoms in total.